The fourth-order valence-electron chi connectivity index (χ4n) is 2.19. The zero-order valence-electron chi connectivity index (χ0n) is 10.2. The number of aryl methyl sites for hydroxylation is 1. The van der Waals surface area contributed by atoms with Crippen molar-refractivity contribution in [3.05, 3.63) is 23.5 Å². The minimum Gasteiger partial charge on any atom is -0.443 e. The monoisotopic (exact) mass is 245 g/mol. The summed E-state index contributed by atoms with van der Waals surface area (Å²) in [7, 11) is 0. The Morgan fingerprint density at radius 1 is 1.56 bits per heavy atom. The van der Waals surface area contributed by atoms with Crippen LogP contribution in [0.3, 0.4) is 0 Å². The summed E-state index contributed by atoms with van der Waals surface area (Å²) in [5.41, 5.74) is 2.68. The topological polar surface area (TPSA) is 70.3 Å². The van der Waals surface area contributed by atoms with Gasteiger partial charge in [0.25, 0.3) is 0 Å². The summed E-state index contributed by atoms with van der Waals surface area (Å²) in [6, 6.07) is 1.99. The molecule has 1 aliphatic heterocycles. The number of pyridine rings is 1. The van der Waals surface area contributed by atoms with Crippen molar-refractivity contribution >= 4 is 28.7 Å². The highest BCUT2D eigenvalue weighted by molar-refractivity contribution is 5.98. The first-order valence-electron chi connectivity index (χ1n) is 5.99. The molecule has 1 aliphatic rings. The van der Waals surface area contributed by atoms with E-state index in [1.54, 1.807) is 0 Å². The Morgan fingerprint density at radius 2 is 2.44 bits per heavy atom. The fraction of sp³-hybridized carbons (Fsp3) is 0.308. The SMILES string of the molecule is Cc1cc2c3c(c(NCCO)nc2o1)C=CCN3. The molecule has 0 bridgehead atoms. The van der Waals surface area contributed by atoms with Gasteiger partial charge in [-0.1, -0.05) is 12.2 Å². The molecule has 18 heavy (non-hydrogen) atoms. The smallest absolute Gasteiger partial charge is 0.230 e. The van der Waals surface area contributed by atoms with Gasteiger partial charge in [0.15, 0.2) is 0 Å². The summed E-state index contributed by atoms with van der Waals surface area (Å²) in [5.74, 6) is 1.58. The quantitative estimate of drug-likeness (QED) is 0.771. The van der Waals surface area contributed by atoms with E-state index in [9.17, 15) is 0 Å². The molecular weight excluding hydrogens is 230 g/mol. The number of aliphatic hydroxyl groups is 1. The van der Waals surface area contributed by atoms with E-state index in [-0.39, 0.29) is 6.61 Å². The van der Waals surface area contributed by atoms with Crippen molar-refractivity contribution in [2.24, 2.45) is 0 Å². The Bertz CT molecular complexity index is 616. The third-order valence-electron chi connectivity index (χ3n) is 2.93. The van der Waals surface area contributed by atoms with Crippen LogP contribution in [0.5, 0.6) is 0 Å². The van der Waals surface area contributed by atoms with E-state index in [0.29, 0.717) is 12.3 Å². The minimum absolute atomic E-state index is 0.0722. The van der Waals surface area contributed by atoms with Crippen LogP contribution in [-0.2, 0) is 0 Å². The predicted molar refractivity (Wildman–Crippen MR) is 71.8 cm³/mol. The van der Waals surface area contributed by atoms with Gasteiger partial charge in [0.2, 0.25) is 5.71 Å². The number of aromatic nitrogens is 1. The van der Waals surface area contributed by atoms with Gasteiger partial charge in [-0.3, -0.25) is 0 Å². The number of rotatable bonds is 3. The molecule has 0 saturated carbocycles. The lowest BCUT2D eigenvalue weighted by molar-refractivity contribution is 0.311. The van der Waals surface area contributed by atoms with E-state index in [2.05, 4.69) is 15.6 Å². The van der Waals surface area contributed by atoms with Gasteiger partial charge in [-0.2, -0.15) is 4.98 Å². The van der Waals surface area contributed by atoms with Gasteiger partial charge < -0.3 is 20.2 Å². The minimum atomic E-state index is 0.0722. The first-order valence-corrected chi connectivity index (χ1v) is 5.99. The van der Waals surface area contributed by atoms with E-state index in [1.165, 1.54) is 0 Å². The van der Waals surface area contributed by atoms with E-state index < -0.39 is 0 Å². The van der Waals surface area contributed by atoms with Crippen molar-refractivity contribution in [2.75, 3.05) is 30.3 Å². The molecule has 2 aromatic rings. The molecule has 0 radical (unpaired) electrons. The molecule has 0 saturated heterocycles. The highest BCUT2D eigenvalue weighted by Crippen LogP contribution is 2.35. The van der Waals surface area contributed by atoms with Crippen LogP contribution in [0, 0.1) is 6.92 Å². The number of fused-ring (bicyclic) bond motifs is 3. The van der Waals surface area contributed by atoms with Crippen LogP contribution in [0.1, 0.15) is 11.3 Å². The number of hydrogen-bond donors (Lipinski definition) is 3. The standard InChI is InChI=1S/C13H15N3O2/c1-8-7-10-11-9(3-2-4-14-11)12(15-5-6-17)16-13(10)18-8/h2-3,7,14,17H,4-6H2,1H3,(H,15,16). The van der Waals surface area contributed by atoms with Crippen LogP contribution >= 0.6 is 0 Å². The molecule has 0 aliphatic carbocycles. The molecule has 0 fully saturated rings. The molecule has 94 valence electrons. The number of nitrogens with zero attached hydrogens (tertiary/aromatic N) is 1. The Balaban J connectivity index is 2.20. The Labute approximate surface area is 105 Å². The predicted octanol–water partition coefficient (Wildman–Crippen LogP) is 1.98. The van der Waals surface area contributed by atoms with E-state index >= 15 is 0 Å². The number of aliphatic hydroxyl groups excluding tert-OH is 1. The number of anilines is 2. The zero-order chi connectivity index (χ0) is 12.5. The normalized spacial score (nSPS) is 13.4. The lowest BCUT2D eigenvalue weighted by Crippen LogP contribution is -2.12. The number of furan rings is 1. The molecule has 2 aromatic heterocycles. The van der Waals surface area contributed by atoms with Gasteiger partial charge in [-0.25, -0.2) is 0 Å². The number of nitrogens with one attached hydrogen (secondary N) is 2. The van der Waals surface area contributed by atoms with Gasteiger partial charge in [-0.05, 0) is 13.0 Å². The van der Waals surface area contributed by atoms with Gasteiger partial charge in [0.05, 0.1) is 17.7 Å². The summed E-state index contributed by atoms with van der Waals surface area (Å²) >= 11 is 0. The van der Waals surface area contributed by atoms with Gasteiger partial charge in [0, 0.05) is 18.7 Å². The molecule has 3 rings (SSSR count). The second kappa shape index (κ2) is 4.34. The highest BCUT2D eigenvalue weighted by atomic mass is 16.3. The van der Waals surface area contributed by atoms with Crippen molar-refractivity contribution < 1.29 is 9.52 Å². The van der Waals surface area contributed by atoms with Crippen LogP contribution in [-0.4, -0.2) is 29.8 Å². The van der Waals surface area contributed by atoms with Gasteiger partial charge >= 0.3 is 0 Å². The van der Waals surface area contributed by atoms with Crippen LogP contribution < -0.4 is 10.6 Å². The summed E-state index contributed by atoms with van der Waals surface area (Å²) < 4.78 is 5.58. The van der Waals surface area contributed by atoms with Crippen molar-refractivity contribution in [1.82, 2.24) is 4.98 Å². The lowest BCUT2D eigenvalue weighted by Gasteiger charge is -2.17. The average Bonchev–Trinajstić information content (AvgIpc) is 2.76. The molecule has 3 heterocycles. The lowest BCUT2D eigenvalue weighted by atomic mass is 10.1. The highest BCUT2D eigenvalue weighted by Gasteiger charge is 2.17. The first-order chi connectivity index (χ1) is 8.79. The first kappa shape index (κ1) is 11.1. The Morgan fingerprint density at radius 3 is 3.28 bits per heavy atom. The molecule has 0 unspecified atom stereocenters. The molecule has 5 heteroatoms. The van der Waals surface area contributed by atoms with Gasteiger partial charge in [0.1, 0.15) is 11.6 Å². The summed E-state index contributed by atoms with van der Waals surface area (Å²) in [5, 5.41) is 16.4. The molecule has 3 N–H and O–H groups in total. The molecule has 0 amide bonds. The third-order valence-corrected chi connectivity index (χ3v) is 2.93. The molecule has 0 atom stereocenters. The zero-order valence-corrected chi connectivity index (χ0v) is 10.2. The molecule has 5 nitrogen and oxygen atoms in total. The second-order valence-electron chi connectivity index (χ2n) is 4.26. The molecule has 0 spiro atoms. The maximum Gasteiger partial charge on any atom is 0.230 e. The van der Waals surface area contributed by atoms with Crippen molar-refractivity contribution in [2.45, 2.75) is 6.92 Å². The third kappa shape index (κ3) is 1.73. The largest absolute Gasteiger partial charge is 0.443 e. The number of hydrogen-bond acceptors (Lipinski definition) is 5. The van der Waals surface area contributed by atoms with Crippen molar-refractivity contribution in [3.63, 3.8) is 0 Å². The van der Waals surface area contributed by atoms with E-state index in [4.69, 9.17) is 9.52 Å². The van der Waals surface area contributed by atoms with Crippen molar-refractivity contribution in [3.8, 4) is 0 Å². The Kier molecular flexibility index (Phi) is 2.68. The van der Waals surface area contributed by atoms with E-state index in [0.717, 1.165) is 34.8 Å². The molecular formula is C13H15N3O2. The van der Waals surface area contributed by atoms with Crippen LogP contribution in [0.2, 0.25) is 0 Å². The summed E-state index contributed by atoms with van der Waals surface area (Å²) in [6.07, 6.45) is 4.09. The fourth-order valence-corrected chi connectivity index (χ4v) is 2.19. The van der Waals surface area contributed by atoms with Crippen LogP contribution in [0.4, 0.5) is 11.5 Å². The maximum absolute atomic E-state index is 8.90. The summed E-state index contributed by atoms with van der Waals surface area (Å²) in [4.78, 5) is 4.47. The van der Waals surface area contributed by atoms with Crippen molar-refractivity contribution in [1.29, 1.82) is 0 Å². The van der Waals surface area contributed by atoms with Crippen LogP contribution in [0.25, 0.3) is 17.2 Å². The maximum atomic E-state index is 8.90. The molecule has 0 aromatic carbocycles. The second-order valence-corrected chi connectivity index (χ2v) is 4.26. The Hall–Kier alpha value is -2.01. The van der Waals surface area contributed by atoms with Gasteiger partial charge in [-0.15, -0.1) is 0 Å². The summed E-state index contributed by atoms with van der Waals surface area (Å²) in [6.45, 7) is 3.25. The average molecular weight is 245 g/mol. The van der Waals surface area contributed by atoms with E-state index in [1.807, 2.05) is 25.1 Å². The van der Waals surface area contributed by atoms with Crippen LogP contribution in [0.15, 0.2) is 16.6 Å².